The number of hydrogen-bond acceptors (Lipinski definition) is 8. The first-order valence-corrected chi connectivity index (χ1v) is 11.7. The first-order chi connectivity index (χ1) is 15.6. The van der Waals surface area contributed by atoms with E-state index in [1.165, 1.54) is 23.7 Å². The van der Waals surface area contributed by atoms with Gasteiger partial charge < -0.3 is 19.4 Å². The van der Waals surface area contributed by atoms with Crippen molar-refractivity contribution in [1.29, 1.82) is 0 Å². The third-order valence-electron chi connectivity index (χ3n) is 5.39. The molecule has 12 heteroatoms. The van der Waals surface area contributed by atoms with Gasteiger partial charge in [-0.2, -0.15) is 4.31 Å². The van der Waals surface area contributed by atoms with Gasteiger partial charge in [0.25, 0.3) is 15.9 Å². The second-order valence-electron chi connectivity index (χ2n) is 7.64. The Morgan fingerprint density at radius 2 is 1.91 bits per heavy atom. The quantitative estimate of drug-likeness (QED) is 0.584. The summed E-state index contributed by atoms with van der Waals surface area (Å²) in [5, 5.41) is 2.53. The second kappa shape index (κ2) is 10.1. The van der Waals surface area contributed by atoms with E-state index in [-0.39, 0.29) is 36.5 Å². The maximum Gasteiger partial charge on any atom is 0.337 e. The fourth-order valence-corrected chi connectivity index (χ4v) is 4.90. The molecule has 2 heterocycles. The Bertz CT molecular complexity index is 1130. The van der Waals surface area contributed by atoms with Gasteiger partial charge in [-0.05, 0) is 38.0 Å². The summed E-state index contributed by atoms with van der Waals surface area (Å²) in [6.45, 7) is 1.54. The maximum absolute atomic E-state index is 12.8. The molecule has 178 valence electrons. The van der Waals surface area contributed by atoms with Crippen LogP contribution in [0, 0.1) is 12.8 Å². The third kappa shape index (κ3) is 5.76. The van der Waals surface area contributed by atoms with Crippen molar-refractivity contribution in [3.8, 4) is 0 Å². The molecular weight excluding hydrogens is 452 g/mol. The molecule has 0 unspecified atom stereocenters. The zero-order chi connectivity index (χ0) is 24.2. The molecule has 1 fully saturated rings. The van der Waals surface area contributed by atoms with Crippen molar-refractivity contribution in [2.75, 3.05) is 32.1 Å². The van der Waals surface area contributed by atoms with Gasteiger partial charge in [-0.1, -0.05) is 6.07 Å². The van der Waals surface area contributed by atoms with Crippen molar-refractivity contribution in [2.45, 2.75) is 24.8 Å². The number of aromatic nitrogens is 2. The van der Waals surface area contributed by atoms with Gasteiger partial charge in [-0.25, -0.2) is 18.2 Å². The van der Waals surface area contributed by atoms with E-state index in [0.29, 0.717) is 11.5 Å². The van der Waals surface area contributed by atoms with Crippen LogP contribution in [0.5, 0.6) is 0 Å². The Labute approximate surface area is 191 Å². The highest BCUT2D eigenvalue weighted by atomic mass is 32.2. The predicted octanol–water partition coefficient (Wildman–Crippen LogP) is 1.10. The Kier molecular flexibility index (Phi) is 7.49. The van der Waals surface area contributed by atoms with Crippen molar-refractivity contribution in [3.05, 3.63) is 41.9 Å². The van der Waals surface area contributed by atoms with Gasteiger partial charge in [0, 0.05) is 32.0 Å². The highest BCUT2D eigenvalue weighted by Crippen LogP contribution is 2.24. The number of methoxy groups -OCH3 is 1. The normalized spacial score (nSPS) is 15.1. The number of sulfonamides is 1. The molecule has 33 heavy (non-hydrogen) atoms. The van der Waals surface area contributed by atoms with E-state index >= 15 is 0 Å². The molecular formula is C21H26N4O7S. The van der Waals surface area contributed by atoms with Crippen LogP contribution in [-0.2, 0) is 36.1 Å². The van der Waals surface area contributed by atoms with E-state index in [1.54, 1.807) is 36.7 Å². The lowest BCUT2D eigenvalue weighted by molar-refractivity contribution is -0.152. The van der Waals surface area contributed by atoms with Crippen LogP contribution in [0.1, 0.15) is 29.0 Å². The molecule has 0 aliphatic carbocycles. The molecule has 1 aromatic heterocycles. The van der Waals surface area contributed by atoms with Crippen molar-refractivity contribution >= 4 is 33.6 Å². The van der Waals surface area contributed by atoms with Crippen LogP contribution in [0.3, 0.4) is 0 Å². The maximum atomic E-state index is 12.8. The number of piperidine rings is 1. The van der Waals surface area contributed by atoms with Gasteiger partial charge in [-0.3, -0.25) is 9.59 Å². The number of benzene rings is 1. The molecule has 11 nitrogen and oxygen atoms in total. The van der Waals surface area contributed by atoms with E-state index in [4.69, 9.17) is 4.74 Å². The average molecular weight is 479 g/mol. The minimum Gasteiger partial charge on any atom is -0.465 e. The van der Waals surface area contributed by atoms with Crippen LogP contribution >= 0.6 is 0 Å². The van der Waals surface area contributed by atoms with Gasteiger partial charge in [0.2, 0.25) is 0 Å². The second-order valence-corrected chi connectivity index (χ2v) is 9.53. The number of carbonyl (C=O) groups excluding carboxylic acids is 3. The molecule has 0 spiro atoms. The van der Waals surface area contributed by atoms with Crippen LogP contribution in [-0.4, -0.2) is 66.9 Å². The summed E-state index contributed by atoms with van der Waals surface area (Å²) in [6.07, 6.45) is 2.03. The average Bonchev–Trinajstić information content (AvgIpc) is 3.16. The molecule has 0 saturated carbocycles. The zero-order valence-corrected chi connectivity index (χ0v) is 19.4. The number of carbonyl (C=O) groups is 3. The highest BCUT2D eigenvalue weighted by Gasteiger charge is 2.34. The number of hydrogen-bond donors (Lipinski definition) is 1. The number of imidazole rings is 1. The van der Waals surface area contributed by atoms with Crippen LogP contribution in [0.25, 0.3) is 0 Å². The molecule has 1 N–H and O–H groups in total. The van der Waals surface area contributed by atoms with Crippen LogP contribution < -0.4 is 5.32 Å². The van der Waals surface area contributed by atoms with E-state index in [2.05, 4.69) is 15.0 Å². The summed E-state index contributed by atoms with van der Waals surface area (Å²) in [7, 11) is -0.758. The summed E-state index contributed by atoms with van der Waals surface area (Å²) < 4.78 is 38.2. The first-order valence-electron chi connectivity index (χ1n) is 10.3. The van der Waals surface area contributed by atoms with Gasteiger partial charge in [-0.15, -0.1) is 0 Å². The topological polar surface area (TPSA) is 137 Å². The lowest BCUT2D eigenvalue weighted by atomic mass is 9.98. The fourth-order valence-electron chi connectivity index (χ4n) is 3.41. The van der Waals surface area contributed by atoms with E-state index in [9.17, 15) is 22.8 Å². The first kappa shape index (κ1) is 24.4. The monoisotopic (exact) mass is 478 g/mol. The Hall–Kier alpha value is -3.25. The van der Waals surface area contributed by atoms with Crippen molar-refractivity contribution < 1.29 is 32.3 Å². The van der Waals surface area contributed by atoms with Crippen molar-refractivity contribution in [2.24, 2.45) is 13.0 Å². The number of nitrogens with zero attached hydrogens (tertiary/aromatic N) is 3. The van der Waals surface area contributed by atoms with Gasteiger partial charge in [0.15, 0.2) is 11.6 Å². The smallest absolute Gasteiger partial charge is 0.337 e. The molecule has 1 amide bonds. The molecule has 2 aromatic rings. The highest BCUT2D eigenvalue weighted by molar-refractivity contribution is 7.89. The third-order valence-corrected chi connectivity index (χ3v) is 7.16. The molecule has 1 aliphatic heterocycles. The molecule has 1 aliphatic rings. The standard InChI is InChI=1S/C21H26N4O7S/c1-14-22-19(12-24(14)2)33(29,30)25-9-7-15(8-10-25)21(28)32-13-18(26)23-17-6-4-5-16(11-17)20(27)31-3/h4-6,11-12,15H,7-10,13H2,1-3H3,(H,23,26). The zero-order valence-electron chi connectivity index (χ0n) is 18.6. The Balaban J connectivity index is 1.48. The largest absolute Gasteiger partial charge is 0.465 e. The minimum atomic E-state index is -3.73. The van der Waals surface area contributed by atoms with Gasteiger partial charge in [0.05, 0.1) is 18.6 Å². The Morgan fingerprint density at radius 1 is 1.21 bits per heavy atom. The number of aryl methyl sites for hydroxylation is 2. The predicted molar refractivity (Wildman–Crippen MR) is 117 cm³/mol. The lowest BCUT2D eigenvalue weighted by Crippen LogP contribution is -2.41. The number of ether oxygens (including phenoxy) is 2. The summed E-state index contributed by atoms with van der Waals surface area (Å²) in [5.41, 5.74) is 0.636. The summed E-state index contributed by atoms with van der Waals surface area (Å²) in [4.78, 5) is 40.1. The van der Waals surface area contributed by atoms with E-state index in [1.807, 2.05) is 0 Å². The summed E-state index contributed by atoms with van der Waals surface area (Å²) in [6, 6.07) is 6.17. The summed E-state index contributed by atoms with van der Waals surface area (Å²) in [5.74, 6) is -1.57. The van der Waals surface area contributed by atoms with Crippen LogP contribution in [0.2, 0.25) is 0 Å². The minimum absolute atomic E-state index is 0.0172. The summed E-state index contributed by atoms with van der Waals surface area (Å²) >= 11 is 0. The van der Waals surface area contributed by atoms with E-state index in [0.717, 1.165) is 0 Å². The van der Waals surface area contributed by atoms with Crippen LogP contribution in [0.4, 0.5) is 5.69 Å². The van der Waals surface area contributed by atoms with Gasteiger partial charge in [0.1, 0.15) is 5.82 Å². The number of anilines is 1. The molecule has 1 saturated heterocycles. The molecule has 0 radical (unpaired) electrons. The molecule has 3 rings (SSSR count). The SMILES string of the molecule is COC(=O)c1cccc(NC(=O)COC(=O)C2CCN(S(=O)(=O)c3cn(C)c(C)n3)CC2)c1. The number of rotatable bonds is 7. The van der Waals surface area contributed by atoms with Crippen molar-refractivity contribution in [1.82, 2.24) is 13.9 Å². The molecule has 1 aromatic carbocycles. The number of nitrogens with one attached hydrogen (secondary N) is 1. The van der Waals surface area contributed by atoms with Gasteiger partial charge >= 0.3 is 11.9 Å². The van der Waals surface area contributed by atoms with Crippen molar-refractivity contribution in [3.63, 3.8) is 0 Å². The lowest BCUT2D eigenvalue weighted by Gasteiger charge is -2.29. The molecule has 0 atom stereocenters. The number of amides is 1. The number of esters is 2. The Morgan fingerprint density at radius 3 is 2.52 bits per heavy atom. The van der Waals surface area contributed by atoms with Crippen LogP contribution in [0.15, 0.2) is 35.5 Å². The van der Waals surface area contributed by atoms with E-state index < -0.39 is 40.4 Å². The molecule has 0 bridgehead atoms. The fraction of sp³-hybridized carbons (Fsp3) is 0.429.